The Morgan fingerprint density at radius 3 is 2.00 bits per heavy atom. The van der Waals surface area contributed by atoms with E-state index in [1.165, 1.54) is 38.5 Å². The quantitative estimate of drug-likeness (QED) is 0.860. The molecule has 4 N–H and O–H groups in total. The maximum absolute atomic E-state index is 5.83. The lowest BCUT2D eigenvalue weighted by Gasteiger charge is -2.61. The van der Waals surface area contributed by atoms with E-state index in [1.54, 1.807) is 0 Å². The fourth-order valence-corrected chi connectivity index (χ4v) is 6.50. The molecule has 0 amide bonds. The fourth-order valence-electron chi connectivity index (χ4n) is 6.50. The predicted molar refractivity (Wildman–Crippen MR) is 95.5 cm³/mol. The van der Waals surface area contributed by atoms with Crippen molar-refractivity contribution in [2.75, 3.05) is 42.5 Å². The molecular formula is C18H28N6. The molecule has 0 unspecified atom stereocenters. The molecule has 0 atom stereocenters. The van der Waals surface area contributed by atoms with Gasteiger partial charge in [0.15, 0.2) is 0 Å². The first-order chi connectivity index (χ1) is 11.6. The third kappa shape index (κ3) is 2.34. The van der Waals surface area contributed by atoms with Gasteiger partial charge in [0, 0.05) is 37.8 Å². The Hall–Kier alpha value is -1.56. The molecule has 6 rings (SSSR count). The Labute approximate surface area is 143 Å². The first kappa shape index (κ1) is 14.8. The number of piperazine rings is 1. The van der Waals surface area contributed by atoms with Crippen LogP contribution in [0.5, 0.6) is 0 Å². The minimum atomic E-state index is 0.272. The van der Waals surface area contributed by atoms with Crippen LogP contribution in [0, 0.1) is 17.8 Å². The molecule has 0 aromatic carbocycles. The summed E-state index contributed by atoms with van der Waals surface area (Å²) in [5.41, 5.74) is 12.1. The molecule has 4 saturated carbocycles. The first-order valence-corrected chi connectivity index (χ1v) is 9.50. The highest BCUT2D eigenvalue weighted by atomic mass is 15.3. The van der Waals surface area contributed by atoms with Crippen LogP contribution < -0.4 is 16.4 Å². The van der Waals surface area contributed by atoms with Gasteiger partial charge in [0.1, 0.15) is 11.6 Å². The van der Waals surface area contributed by atoms with Crippen LogP contribution in [0.1, 0.15) is 38.5 Å². The van der Waals surface area contributed by atoms with Gasteiger partial charge >= 0.3 is 0 Å². The minimum absolute atomic E-state index is 0.272. The topological polar surface area (TPSA) is 84.3 Å². The maximum Gasteiger partial charge on any atom is 0.223 e. The number of nitrogens with zero attached hydrogens (tertiary/aromatic N) is 4. The number of aromatic nitrogens is 2. The number of hydrogen-bond acceptors (Lipinski definition) is 6. The fraction of sp³-hybridized carbons (Fsp3) is 0.778. The van der Waals surface area contributed by atoms with Gasteiger partial charge in [-0.2, -0.15) is 9.97 Å². The molecule has 24 heavy (non-hydrogen) atoms. The summed E-state index contributed by atoms with van der Waals surface area (Å²) in [6, 6.07) is 1.84. The number of anilines is 3. The summed E-state index contributed by atoms with van der Waals surface area (Å²) < 4.78 is 0. The molecule has 1 aliphatic heterocycles. The van der Waals surface area contributed by atoms with Crippen molar-refractivity contribution in [2.24, 2.45) is 17.8 Å². The van der Waals surface area contributed by atoms with Crippen molar-refractivity contribution >= 4 is 17.6 Å². The number of nitrogens with two attached hydrogens (primary N) is 2. The minimum Gasteiger partial charge on any atom is -0.383 e. The van der Waals surface area contributed by atoms with E-state index in [9.17, 15) is 0 Å². The van der Waals surface area contributed by atoms with E-state index in [4.69, 9.17) is 11.5 Å². The molecular weight excluding hydrogens is 300 g/mol. The van der Waals surface area contributed by atoms with E-state index in [0.717, 1.165) is 49.8 Å². The molecule has 5 aliphatic rings. The van der Waals surface area contributed by atoms with Crippen molar-refractivity contribution < 1.29 is 0 Å². The molecule has 1 saturated heterocycles. The number of hydrogen-bond donors (Lipinski definition) is 2. The zero-order chi connectivity index (χ0) is 16.3. The van der Waals surface area contributed by atoms with E-state index in [1.807, 2.05) is 6.07 Å². The van der Waals surface area contributed by atoms with E-state index in [-0.39, 0.29) is 5.95 Å². The SMILES string of the molecule is Nc1cc(N2CCN(C34CC5CC(CC(C5)C3)C4)CC2)nc(N)n1. The zero-order valence-electron chi connectivity index (χ0n) is 14.3. The van der Waals surface area contributed by atoms with Crippen LogP contribution in [0.4, 0.5) is 17.6 Å². The van der Waals surface area contributed by atoms with Crippen LogP contribution in [0.15, 0.2) is 6.07 Å². The standard InChI is InChI=1S/C18H28N6/c19-15-8-16(22-17(20)21-15)23-1-3-24(4-2-23)18-9-12-5-13(10-18)7-14(6-12)11-18/h8,12-14H,1-7,9-11H2,(H4,19,20,21,22). The number of nitrogen functional groups attached to an aromatic ring is 2. The molecule has 6 nitrogen and oxygen atoms in total. The maximum atomic E-state index is 5.83. The monoisotopic (exact) mass is 328 g/mol. The molecule has 0 radical (unpaired) electrons. The van der Waals surface area contributed by atoms with E-state index < -0.39 is 0 Å². The lowest BCUT2D eigenvalue weighted by Crippen LogP contribution is -2.64. The summed E-state index contributed by atoms with van der Waals surface area (Å²) in [5, 5.41) is 0. The lowest BCUT2D eigenvalue weighted by atomic mass is 9.52. The summed E-state index contributed by atoms with van der Waals surface area (Å²) in [6.07, 6.45) is 8.89. The van der Waals surface area contributed by atoms with E-state index >= 15 is 0 Å². The van der Waals surface area contributed by atoms with Crippen molar-refractivity contribution in [1.82, 2.24) is 14.9 Å². The molecule has 130 valence electrons. The molecule has 4 aliphatic carbocycles. The van der Waals surface area contributed by atoms with Crippen LogP contribution >= 0.6 is 0 Å². The van der Waals surface area contributed by atoms with Gasteiger partial charge in [-0.3, -0.25) is 4.90 Å². The van der Waals surface area contributed by atoms with Gasteiger partial charge < -0.3 is 16.4 Å². The molecule has 0 spiro atoms. The molecule has 1 aromatic rings. The molecule has 2 heterocycles. The summed E-state index contributed by atoms with van der Waals surface area (Å²) in [7, 11) is 0. The Balaban J connectivity index is 1.30. The summed E-state index contributed by atoms with van der Waals surface area (Å²) >= 11 is 0. The van der Waals surface area contributed by atoms with Crippen LogP contribution in [0.25, 0.3) is 0 Å². The molecule has 4 bridgehead atoms. The zero-order valence-corrected chi connectivity index (χ0v) is 14.3. The number of rotatable bonds is 2. The van der Waals surface area contributed by atoms with Crippen LogP contribution in [0.3, 0.4) is 0 Å². The van der Waals surface area contributed by atoms with E-state index in [2.05, 4.69) is 19.8 Å². The molecule has 6 heteroatoms. The first-order valence-electron chi connectivity index (χ1n) is 9.50. The van der Waals surface area contributed by atoms with Gasteiger partial charge in [0.05, 0.1) is 0 Å². The van der Waals surface area contributed by atoms with Crippen molar-refractivity contribution in [3.05, 3.63) is 6.07 Å². The largest absolute Gasteiger partial charge is 0.383 e. The average molecular weight is 328 g/mol. The lowest BCUT2D eigenvalue weighted by molar-refractivity contribution is -0.0901. The second kappa shape index (κ2) is 5.22. The highest BCUT2D eigenvalue weighted by Crippen LogP contribution is 2.57. The highest BCUT2D eigenvalue weighted by Gasteiger charge is 2.53. The second-order valence-corrected chi connectivity index (χ2v) is 8.63. The van der Waals surface area contributed by atoms with Crippen molar-refractivity contribution in [3.8, 4) is 0 Å². The Morgan fingerprint density at radius 1 is 0.875 bits per heavy atom. The predicted octanol–water partition coefficient (Wildman–Crippen LogP) is 1.73. The Morgan fingerprint density at radius 2 is 1.46 bits per heavy atom. The van der Waals surface area contributed by atoms with Gasteiger partial charge in [-0.25, -0.2) is 0 Å². The van der Waals surface area contributed by atoms with Crippen molar-refractivity contribution in [3.63, 3.8) is 0 Å². The molecule has 1 aromatic heterocycles. The van der Waals surface area contributed by atoms with Gasteiger partial charge in [-0.1, -0.05) is 0 Å². The summed E-state index contributed by atoms with van der Waals surface area (Å²) in [4.78, 5) is 13.5. The van der Waals surface area contributed by atoms with Crippen molar-refractivity contribution in [2.45, 2.75) is 44.1 Å². The van der Waals surface area contributed by atoms with Crippen molar-refractivity contribution in [1.29, 1.82) is 0 Å². The van der Waals surface area contributed by atoms with Crippen LogP contribution in [-0.2, 0) is 0 Å². The van der Waals surface area contributed by atoms with Gasteiger partial charge in [0.2, 0.25) is 5.95 Å². The van der Waals surface area contributed by atoms with Crippen LogP contribution in [0.2, 0.25) is 0 Å². The summed E-state index contributed by atoms with van der Waals surface area (Å²) in [6.45, 7) is 4.29. The highest BCUT2D eigenvalue weighted by molar-refractivity contribution is 5.50. The third-order valence-corrected chi connectivity index (χ3v) is 7.03. The van der Waals surface area contributed by atoms with Gasteiger partial charge in [0.25, 0.3) is 0 Å². The Kier molecular flexibility index (Phi) is 3.21. The third-order valence-electron chi connectivity index (χ3n) is 7.03. The molecule has 5 fully saturated rings. The van der Waals surface area contributed by atoms with Gasteiger partial charge in [-0.05, 0) is 56.3 Å². The Bertz CT molecular complexity index is 581. The average Bonchev–Trinajstić information content (AvgIpc) is 2.53. The second-order valence-electron chi connectivity index (χ2n) is 8.63. The van der Waals surface area contributed by atoms with Gasteiger partial charge in [-0.15, -0.1) is 0 Å². The van der Waals surface area contributed by atoms with E-state index in [0.29, 0.717) is 11.4 Å². The van der Waals surface area contributed by atoms with Crippen LogP contribution in [-0.4, -0.2) is 46.6 Å². The smallest absolute Gasteiger partial charge is 0.223 e. The summed E-state index contributed by atoms with van der Waals surface area (Å²) in [5.74, 6) is 4.64. The normalized spacial score (nSPS) is 38.7.